The number of hydrogen-bond acceptors (Lipinski definition) is 3. The second-order valence-corrected chi connectivity index (χ2v) is 6.44. The minimum Gasteiger partial charge on any atom is -0.344 e. The Balaban J connectivity index is 1.54. The predicted octanol–water partition coefficient (Wildman–Crippen LogP) is 2.73. The van der Waals surface area contributed by atoms with E-state index in [-0.39, 0.29) is 0 Å². The van der Waals surface area contributed by atoms with Gasteiger partial charge < -0.3 is 10.3 Å². The van der Waals surface area contributed by atoms with E-state index in [2.05, 4.69) is 27.1 Å². The van der Waals surface area contributed by atoms with E-state index in [1.165, 1.54) is 38.8 Å². The highest BCUT2D eigenvalue weighted by Crippen LogP contribution is 2.28. The molecule has 0 bridgehead atoms. The summed E-state index contributed by atoms with van der Waals surface area (Å²) in [4.78, 5) is 10.4. The summed E-state index contributed by atoms with van der Waals surface area (Å²) in [7, 11) is 0. The number of imidazole rings is 1. The summed E-state index contributed by atoms with van der Waals surface area (Å²) in [5.41, 5.74) is 1.05. The lowest BCUT2D eigenvalue weighted by Crippen LogP contribution is -2.38. The molecular formula is C15H25ClN4. The third kappa shape index (κ3) is 3.02. The monoisotopic (exact) mass is 296 g/mol. The van der Waals surface area contributed by atoms with E-state index in [1.807, 2.05) is 0 Å². The molecule has 2 saturated heterocycles. The molecule has 0 aliphatic carbocycles. The van der Waals surface area contributed by atoms with Crippen LogP contribution in [0.25, 0.3) is 0 Å². The van der Waals surface area contributed by atoms with Gasteiger partial charge in [0.15, 0.2) is 5.15 Å². The average Bonchev–Trinajstić information content (AvgIpc) is 3.10. The molecule has 2 aliphatic heterocycles. The van der Waals surface area contributed by atoms with Crippen LogP contribution in [0.3, 0.4) is 0 Å². The van der Waals surface area contributed by atoms with Gasteiger partial charge in [-0.2, -0.15) is 0 Å². The van der Waals surface area contributed by atoms with E-state index in [0.717, 1.165) is 36.9 Å². The minimum atomic E-state index is 0.621. The Bertz CT molecular complexity index is 445. The first-order valence-corrected chi connectivity index (χ1v) is 8.36. The van der Waals surface area contributed by atoms with Crippen molar-refractivity contribution in [3.63, 3.8) is 0 Å². The number of halogens is 1. The maximum atomic E-state index is 6.23. The van der Waals surface area contributed by atoms with Crippen molar-refractivity contribution in [2.45, 2.75) is 64.1 Å². The van der Waals surface area contributed by atoms with Crippen molar-refractivity contribution in [1.29, 1.82) is 0 Å². The zero-order valence-corrected chi connectivity index (χ0v) is 13.0. The van der Waals surface area contributed by atoms with Gasteiger partial charge in [0.2, 0.25) is 0 Å². The number of aryl methyl sites for hydroxylation is 1. The molecule has 0 aromatic carbocycles. The van der Waals surface area contributed by atoms with E-state index in [9.17, 15) is 0 Å². The molecule has 2 aliphatic rings. The highest BCUT2D eigenvalue weighted by atomic mass is 35.5. The number of nitrogens with zero attached hydrogens (tertiary/aromatic N) is 2. The highest BCUT2D eigenvalue weighted by Gasteiger charge is 2.36. The zero-order valence-electron chi connectivity index (χ0n) is 12.3. The highest BCUT2D eigenvalue weighted by molar-refractivity contribution is 6.30. The summed E-state index contributed by atoms with van der Waals surface area (Å²) >= 11 is 6.23. The molecule has 112 valence electrons. The summed E-state index contributed by atoms with van der Waals surface area (Å²) in [5.74, 6) is 1.03. The Morgan fingerprint density at radius 3 is 3.15 bits per heavy atom. The first-order valence-electron chi connectivity index (χ1n) is 7.98. The van der Waals surface area contributed by atoms with E-state index in [0.29, 0.717) is 11.2 Å². The molecule has 2 unspecified atom stereocenters. The van der Waals surface area contributed by atoms with Gasteiger partial charge in [-0.15, -0.1) is 0 Å². The maximum absolute atomic E-state index is 6.23. The molecule has 0 spiro atoms. The van der Waals surface area contributed by atoms with E-state index in [4.69, 9.17) is 11.6 Å². The van der Waals surface area contributed by atoms with Gasteiger partial charge in [-0.05, 0) is 32.2 Å². The molecule has 20 heavy (non-hydrogen) atoms. The number of hydrogen-bond donors (Lipinski definition) is 2. The smallest absolute Gasteiger partial charge is 0.151 e. The van der Waals surface area contributed by atoms with Crippen LogP contribution >= 0.6 is 11.6 Å². The molecule has 3 rings (SSSR count). The van der Waals surface area contributed by atoms with Gasteiger partial charge in [0.05, 0.1) is 5.69 Å². The second kappa shape index (κ2) is 6.46. The van der Waals surface area contributed by atoms with Crippen LogP contribution in [0, 0.1) is 0 Å². The molecule has 1 aromatic rings. The Morgan fingerprint density at radius 1 is 1.40 bits per heavy atom. The molecule has 5 heteroatoms. The quantitative estimate of drug-likeness (QED) is 0.848. The first kappa shape index (κ1) is 14.4. The predicted molar refractivity (Wildman–Crippen MR) is 82.0 cm³/mol. The molecule has 4 nitrogen and oxygen atoms in total. The lowest BCUT2D eigenvalue weighted by molar-refractivity contribution is 0.298. The average molecular weight is 297 g/mol. The molecule has 1 aromatic heterocycles. The first-order chi connectivity index (χ1) is 9.78. The van der Waals surface area contributed by atoms with Crippen molar-refractivity contribution in [3.05, 3.63) is 16.7 Å². The van der Waals surface area contributed by atoms with Crippen LogP contribution in [0.15, 0.2) is 0 Å². The molecule has 2 fully saturated rings. The van der Waals surface area contributed by atoms with Gasteiger partial charge in [0, 0.05) is 31.6 Å². The normalized spacial score (nSPS) is 26.3. The summed E-state index contributed by atoms with van der Waals surface area (Å²) < 4.78 is 0. The molecule has 2 N–H and O–H groups in total. The van der Waals surface area contributed by atoms with Crippen LogP contribution < -0.4 is 5.32 Å². The van der Waals surface area contributed by atoms with Gasteiger partial charge in [-0.25, -0.2) is 4.98 Å². The van der Waals surface area contributed by atoms with Crippen LogP contribution in [0.4, 0.5) is 0 Å². The summed E-state index contributed by atoms with van der Waals surface area (Å²) in [5, 5.41) is 4.33. The van der Waals surface area contributed by atoms with Crippen LogP contribution in [0.5, 0.6) is 0 Å². The van der Waals surface area contributed by atoms with Crippen LogP contribution in [0.1, 0.15) is 50.5 Å². The van der Waals surface area contributed by atoms with Gasteiger partial charge >= 0.3 is 0 Å². The Hall–Kier alpha value is -0.580. The molecule has 3 heterocycles. The summed E-state index contributed by atoms with van der Waals surface area (Å²) in [6.07, 6.45) is 7.31. The molecular weight excluding hydrogens is 272 g/mol. The van der Waals surface area contributed by atoms with Crippen molar-refractivity contribution < 1.29 is 0 Å². The molecule has 0 amide bonds. The third-order valence-electron chi connectivity index (χ3n) is 4.69. The number of aromatic amines is 1. The second-order valence-electron chi connectivity index (χ2n) is 6.08. The molecule has 0 saturated carbocycles. The van der Waals surface area contributed by atoms with Gasteiger partial charge in [-0.1, -0.05) is 24.9 Å². The lowest BCUT2D eigenvalue weighted by atomic mass is 10.1. The Kier molecular flexibility index (Phi) is 4.64. The van der Waals surface area contributed by atoms with Crippen molar-refractivity contribution in [3.8, 4) is 0 Å². The van der Waals surface area contributed by atoms with E-state index < -0.39 is 0 Å². The van der Waals surface area contributed by atoms with E-state index >= 15 is 0 Å². The fourth-order valence-corrected chi connectivity index (χ4v) is 3.79. The van der Waals surface area contributed by atoms with E-state index in [1.54, 1.807) is 0 Å². The van der Waals surface area contributed by atoms with Crippen LogP contribution in [-0.4, -0.2) is 40.0 Å². The lowest BCUT2D eigenvalue weighted by Gasteiger charge is -2.21. The Labute approximate surface area is 126 Å². The van der Waals surface area contributed by atoms with Crippen molar-refractivity contribution in [2.24, 2.45) is 0 Å². The van der Waals surface area contributed by atoms with Crippen LogP contribution in [-0.2, 0) is 13.0 Å². The SMILES string of the molecule is CCCCc1nc(Cl)c(CNC2CCN3CCCC23)[nH]1. The van der Waals surface area contributed by atoms with Crippen molar-refractivity contribution >= 4 is 11.6 Å². The number of H-pyrrole nitrogens is 1. The zero-order chi connectivity index (χ0) is 13.9. The van der Waals surface area contributed by atoms with Crippen molar-refractivity contribution in [2.75, 3.05) is 13.1 Å². The number of nitrogens with one attached hydrogen (secondary N) is 2. The number of unbranched alkanes of at least 4 members (excludes halogenated alkanes) is 1. The standard InChI is InChI=1S/C15H25ClN4/c1-2-3-6-14-18-12(15(16)19-14)10-17-11-7-9-20-8-4-5-13(11)20/h11,13,17H,2-10H2,1H3,(H,18,19). The number of rotatable bonds is 6. The topological polar surface area (TPSA) is 44.0 Å². The summed E-state index contributed by atoms with van der Waals surface area (Å²) in [6, 6.07) is 1.37. The van der Waals surface area contributed by atoms with Gasteiger partial charge in [-0.3, -0.25) is 4.90 Å². The largest absolute Gasteiger partial charge is 0.344 e. The Morgan fingerprint density at radius 2 is 2.30 bits per heavy atom. The van der Waals surface area contributed by atoms with Crippen molar-refractivity contribution in [1.82, 2.24) is 20.2 Å². The maximum Gasteiger partial charge on any atom is 0.151 e. The number of fused-ring (bicyclic) bond motifs is 1. The number of aromatic nitrogens is 2. The molecule has 0 radical (unpaired) electrons. The van der Waals surface area contributed by atoms with Gasteiger partial charge in [0.25, 0.3) is 0 Å². The van der Waals surface area contributed by atoms with Crippen LogP contribution in [0.2, 0.25) is 5.15 Å². The van der Waals surface area contributed by atoms with Gasteiger partial charge in [0.1, 0.15) is 5.82 Å². The fourth-order valence-electron chi connectivity index (χ4n) is 3.57. The fraction of sp³-hybridized carbons (Fsp3) is 0.800. The minimum absolute atomic E-state index is 0.621. The summed E-state index contributed by atoms with van der Waals surface area (Å²) in [6.45, 7) is 5.54. The third-order valence-corrected chi connectivity index (χ3v) is 5.00. The molecule has 2 atom stereocenters.